The summed E-state index contributed by atoms with van der Waals surface area (Å²) in [5, 5.41) is 2.83. The van der Waals surface area contributed by atoms with Gasteiger partial charge >= 0.3 is 0 Å². The van der Waals surface area contributed by atoms with Crippen LogP contribution in [0.2, 0.25) is 0 Å². The summed E-state index contributed by atoms with van der Waals surface area (Å²) in [6, 6.07) is 14.8. The molecular weight excluding hydrogens is 316 g/mol. The lowest BCUT2D eigenvalue weighted by molar-refractivity contribution is -0.120. The number of anilines is 2. The maximum absolute atomic E-state index is 12.3. The van der Waals surface area contributed by atoms with Gasteiger partial charge in [0.2, 0.25) is 11.8 Å². The van der Waals surface area contributed by atoms with Crippen LogP contribution in [-0.4, -0.2) is 25.5 Å². The predicted octanol–water partition coefficient (Wildman–Crippen LogP) is 3.81. The van der Waals surface area contributed by atoms with Crippen molar-refractivity contribution in [3.63, 3.8) is 0 Å². The topological polar surface area (TPSA) is 58.6 Å². The number of carbonyl (C=O) groups is 2. The first-order valence-electron chi connectivity index (χ1n) is 8.22. The Hall–Kier alpha value is -2.82. The second-order valence-electron chi connectivity index (χ2n) is 6.13. The summed E-state index contributed by atoms with van der Waals surface area (Å²) in [5.74, 6) is 0.605. The number of hydrogen-bond acceptors (Lipinski definition) is 3. The Kier molecular flexibility index (Phi) is 6.17. The molecule has 0 spiro atoms. The van der Waals surface area contributed by atoms with Crippen LogP contribution in [-0.2, 0) is 9.59 Å². The standard InChI is InChI=1S/C20H24N2O3/c1-14(2)16-8-10-17(11-9-16)21-20(24)13-22(15(3)23)18-6-5-7-19(12-18)25-4/h5-12,14H,13H2,1-4H3,(H,21,24). The molecule has 1 N–H and O–H groups in total. The Morgan fingerprint density at radius 2 is 1.80 bits per heavy atom. The number of methoxy groups -OCH3 is 1. The monoisotopic (exact) mass is 340 g/mol. The quantitative estimate of drug-likeness (QED) is 0.870. The van der Waals surface area contributed by atoms with Gasteiger partial charge < -0.3 is 15.0 Å². The van der Waals surface area contributed by atoms with Gasteiger partial charge in [-0.15, -0.1) is 0 Å². The summed E-state index contributed by atoms with van der Waals surface area (Å²) in [6.45, 7) is 5.61. The van der Waals surface area contributed by atoms with Gasteiger partial charge in [-0.05, 0) is 35.7 Å². The summed E-state index contributed by atoms with van der Waals surface area (Å²) >= 11 is 0. The lowest BCUT2D eigenvalue weighted by atomic mass is 10.0. The molecule has 5 nitrogen and oxygen atoms in total. The normalized spacial score (nSPS) is 10.4. The van der Waals surface area contributed by atoms with Crippen molar-refractivity contribution >= 4 is 23.2 Å². The Bertz CT molecular complexity index is 739. The minimum absolute atomic E-state index is 0.0611. The van der Waals surface area contributed by atoms with Crippen molar-refractivity contribution in [1.29, 1.82) is 0 Å². The van der Waals surface area contributed by atoms with Crippen molar-refractivity contribution in [1.82, 2.24) is 0 Å². The molecule has 2 aromatic carbocycles. The summed E-state index contributed by atoms with van der Waals surface area (Å²) in [4.78, 5) is 25.7. The van der Waals surface area contributed by atoms with Crippen LogP contribution in [0.4, 0.5) is 11.4 Å². The zero-order valence-electron chi connectivity index (χ0n) is 15.1. The third kappa shape index (κ3) is 5.08. The van der Waals surface area contributed by atoms with Gasteiger partial charge in [0, 0.05) is 24.4 Å². The average Bonchev–Trinajstić information content (AvgIpc) is 2.60. The number of benzene rings is 2. The Labute approximate surface area is 148 Å². The highest BCUT2D eigenvalue weighted by atomic mass is 16.5. The summed E-state index contributed by atoms with van der Waals surface area (Å²) in [7, 11) is 1.56. The van der Waals surface area contributed by atoms with E-state index in [4.69, 9.17) is 4.74 Å². The highest BCUT2D eigenvalue weighted by Crippen LogP contribution is 2.21. The maximum atomic E-state index is 12.3. The van der Waals surface area contributed by atoms with Crippen molar-refractivity contribution < 1.29 is 14.3 Å². The van der Waals surface area contributed by atoms with E-state index in [1.807, 2.05) is 24.3 Å². The largest absolute Gasteiger partial charge is 0.497 e. The molecule has 2 rings (SSSR count). The molecule has 0 aromatic heterocycles. The smallest absolute Gasteiger partial charge is 0.244 e. The molecule has 0 saturated carbocycles. The van der Waals surface area contributed by atoms with E-state index in [2.05, 4.69) is 19.2 Å². The van der Waals surface area contributed by atoms with Crippen LogP contribution >= 0.6 is 0 Å². The molecule has 0 aliphatic carbocycles. The number of nitrogens with zero attached hydrogens (tertiary/aromatic N) is 1. The maximum Gasteiger partial charge on any atom is 0.244 e. The molecule has 0 saturated heterocycles. The number of nitrogens with one attached hydrogen (secondary N) is 1. The third-order valence-corrected chi connectivity index (χ3v) is 3.91. The summed E-state index contributed by atoms with van der Waals surface area (Å²) in [6.07, 6.45) is 0. The molecule has 25 heavy (non-hydrogen) atoms. The first-order valence-corrected chi connectivity index (χ1v) is 8.22. The summed E-state index contributed by atoms with van der Waals surface area (Å²) in [5.41, 5.74) is 2.54. The van der Waals surface area contributed by atoms with E-state index in [9.17, 15) is 9.59 Å². The van der Waals surface area contributed by atoms with Crippen LogP contribution in [0.3, 0.4) is 0 Å². The molecule has 0 aliphatic rings. The zero-order valence-corrected chi connectivity index (χ0v) is 15.1. The van der Waals surface area contributed by atoms with Gasteiger partial charge in [0.1, 0.15) is 12.3 Å². The second kappa shape index (κ2) is 8.33. The van der Waals surface area contributed by atoms with Gasteiger partial charge in [0.15, 0.2) is 0 Å². The molecule has 5 heteroatoms. The van der Waals surface area contributed by atoms with Gasteiger partial charge in [0.25, 0.3) is 0 Å². The molecule has 0 aliphatic heterocycles. The van der Waals surface area contributed by atoms with Gasteiger partial charge in [-0.25, -0.2) is 0 Å². The van der Waals surface area contributed by atoms with Crippen molar-refractivity contribution in [2.45, 2.75) is 26.7 Å². The fourth-order valence-corrected chi connectivity index (χ4v) is 2.46. The van der Waals surface area contributed by atoms with Crippen molar-refractivity contribution in [2.75, 3.05) is 23.9 Å². The number of amides is 2. The summed E-state index contributed by atoms with van der Waals surface area (Å²) < 4.78 is 5.18. The van der Waals surface area contributed by atoms with Crippen LogP contribution in [0.15, 0.2) is 48.5 Å². The van der Waals surface area contributed by atoms with Gasteiger partial charge in [-0.3, -0.25) is 9.59 Å². The van der Waals surface area contributed by atoms with Crippen LogP contribution < -0.4 is 15.0 Å². The van der Waals surface area contributed by atoms with Gasteiger partial charge in [-0.1, -0.05) is 32.0 Å². The molecule has 0 fully saturated rings. The van der Waals surface area contributed by atoms with Crippen LogP contribution in [0.1, 0.15) is 32.3 Å². The first kappa shape index (κ1) is 18.5. The molecule has 0 radical (unpaired) electrons. The average molecular weight is 340 g/mol. The van der Waals surface area contributed by atoms with Crippen molar-refractivity contribution in [2.24, 2.45) is 0 Å². The van der Waals surface area contributed by atoms with E-state index < -0.39 is 0 Å². The Morgan fingerprint density at radius 3 is 2.36 bits per heavy atom. The van der Waals surface area contributed by atoms with Gasteiger partial charge in [-0.2, -0.15) is 0 Å². The van der Waals surface area contributed by atoms with E-state index in [0.29, 0.717) is 23.0 Å². The zero-order chi connectivity index (χ0) is 18.4. The third-order valence-electron chi connectivity index (χ3n) is 3.91. The minimum atomic E-state index is -0.254. The minimum Gasteiger partial charge on any atom is -0.497 e. The number of hydrogen-bond donors (Lipinski definition) is 1. The van der Waals surface area contributed by atoms with Crippen molar-refractivity contribution in [3.05, 3.63) is 54.1 Å². The molecule has 0 bridgehead atoms. The first-order chi connectivity index (χ1) is 11.9. The van der Waals surface area contributed by atoms with E-state index >= 15 is 0 Å². The molecule has 2 amide bonds. The van der Waals surface area contributed by atoms with E-state index in [1.165, 1.54) is 17.4 Å². The van der Waals surface area contributed by atoms with Crippen LogP contribution in [0.25, 0.3) is 0 Å². The molecule has 0 heterocycles. The van der Waals surface area contributed by atoms with Crippen molar-refractivity contribution in [3.8, 4) is 5.75 Å². The number of carbonyl (C=O) groups excluding carboxylic acids is 2. The van der Waals surface area contributed by atoms with E-state index in [-0.39, 0.29) is 18.4 Å². The Morgan fingerprint density at radius 1 is 1.12 bits per heavy atom. The van der Waals surface area contributed by atoms with E-state index in [1.54, 1.807) is 31.4 Å². The molecule has 132 valence electrons. The predicted molar refractivity (Wildman–Crippen MR) is 100 cm³/mol. The molecule has 0 atom stereocenters. The molecule has 0 unspecified atom stereocenters. The van der Waals surface area contributed by atoms with Crippen LogP contribution in [0.5, 0.6) is 5.75 Å². The van der Waals surface area contributed by atoms with Gasteiger partial charge in [0.05, 0.1) is 7.11 Å². The van der Waals surface area contributed by atoms with Crippen LogP contribution in [0, 0.1) is 0 Å². The Balaban J connectivity index is 2.08. The SMILES string of the molecule is COc1cccc(N(CC(=O)Nc2ccc(C(C)C)cc2)C(C)=O)c1. The fraction of sp³-hybridized carbons (Fsp3) is 0.300. The molecular formula is C20H24N2O3. The van der Waals surface area contributed by atoms with E-state index in [0.717, 1.165) is 0 Å². The highest BCUT2D eigenvalue weighted by Gasteiger charge is 2.16. The molecule has 2 aromatic rings. The number of ether oxygens (including phenoxy) is 1. The fourth-order valence-electron chi connectivity index (χ4n) is 2.46. The lowest BCUT2D eigenvalue weighted by Gasteiger charge is -2.21. The highest BCUT2D eigenvalue weighted by molar-refractivity contribution is 6.01. The number of rotatable bonds is 6. The second-order valence-corrected chi connectivity index (χ2v) is 6.13. The lowest BCUT2D eigenvalue weighted by Crippen LogP contribution is -2.36.